The maximum Gasteiger partial charge on any atom is 0.119 e. The standard InChI is InChI=1S/C27H44O/c1-4-6-7-8-22-9-11-23(12-10-22)25-15-18-27(21(3)20-25)24-13-16-26(17-14-24)28-19-5-2/h13-14,16-17,21-23,25,27H,4-12,15,18-20H2,1-3H3/t21-,22?,23?,25?,27-/m1/s1. The first-order chi connectivity index (χ1) is 13.7. The van der Waals surface area contributed by atoms with E-state index < -0.39 is 0 Å². The molecule has 158 valence electrons. The highest BCUT2D eigenvalue weighted by Crippen LogP contribution is 2.47. The number of hydrogen-bond acceptors (Lipinski definition) is 1. The van der Waals surface area contributed by atoms with Gasteiger partial charge in [-0.05, 0) is 85.8 Å². The molecule has 0 bridgehead atoms. The summed E-state index contributed by atoms with van der Waals surface area (Å²) in [4.78, 5) is 0. The van der Waals surface area contributed by atoms with Gasteiger partial charge in [-0.2, -0.15) is 0 Å². The fourth-order valence-electron chi connectivity index (χ4n) is 6.02. The number of hydrogen-bond donors (Lipinski definition) is 0. The molecule has 0 saturated heterocycles. The van der Waals surface area contributed by atoms with Gasteiger partial charge in [0.15, 0.2) is 0 Å². The third kappa shape index (κ3) is 6.01. The second-order valence-corrected chi connectivity index (χ2v) is 9.85. The van der Waals surface area contributed by atoms with E-state index in [1.54, 1.807) is 0 Å². The van der Waals surface area contributed by atoms with Crippen LogP contribution in [0.5, 0.6) is 5.75 Å². The maximum absolute atomic E-state index is 5.76. The van der Waals surface area contributed by atoms with Crippen LogP contribution in [0.1, 0.15) is 109 Å². The molecule has 3 rings (SSSR count). The average molecular weight is 385 g/mol. The summed E-state index contributed by atoms with van der Waals surface area (Å²) in [5, 5.41) is 0. The zero-order chi connectivity index (χ0) is 19.8. The first kappa shape index (κ1) is 21.7. The van der Waals surface area contributed by atoms with Gasteiger partial charge in [-0.1, -0.05) is 71.4 Å². The summed E-state index contributed by atoms with van der Waals surface area (Å²) >= 11 is 0. The molecule has 0 N–H and O–H groups in total. The molecule has 1 heteroatoms. The topological polar surface area (TPSA) is 9.23 Å². The molecule has 0 amide bonds. The molecular weight excluding hydrogens is 340 g/mol. The zero-order valence-electron chi connectivity index (χ0n) is 18.8. The first-order valence-electron chi connectivity index (χ1n) is 12.4. The molecule has 2 fully saturated rings. The van der Waals surface area contributed by atoms with Crippen LogP contribution in [0.4, 0.5) is 0 Å². The van der Waals surface area contributed by atoms with Crippen LogP contribution in [0.3, 0.4) is 0 Å². The predicted octanol–water partition coefficient (Wildman–Crippen LogP) is 8.38. The molecule has 0 heterocycles. The Morgan fingerprint density at radius 2 is 1.54 bits per heavy atom. The van der Waals surface area contributed by atoms with Crippen molar-refractivity contribution in [2.45, 2.75) is 104 Å². The number of ether oxygens (including phenoxy) is 1. The summed E-state index contributed by atoms with van der Waals surface area (Å²) in [6, 6.07) is 9.02. The van der Waals surface area contributed by atoms with Gasteiger partial charge in [0.2, 0.25) is 0 Å². The lowest BCUT2D eigenvalue weighted by molar-refractivity contribution is 0.130. The van der Waals surface area contributed by atoms with Crippen LogP contribution in [-0.4, -0.2) is 6.61 Å². The first-order valence-corrected chi connectivity index (χ1v) is 12.4. The lowest BCUT2D eigenvalue weighted by Gasteiger charge is -2.41. The molecule has 0 aromatic heterocycles. The molecule has 0 radical (unpaired) electrons. The smallest absolute Gasteiger partial charge is 0.119 e. The van der Waals surface area contributed by atoms with Crippen molar-refractivity contribution in [1.82, 2.24) is 0 Å². The van der Waals surface area contributed by atoms with Gasteiger partial charge >= 0.3 is 0 Å². The van der Waals surface area contributed by atoms with Crippen molar-refractivity contribution < 1.29 is 4.74 Å². The summed E-state index contributed by atoms with van der Waals surface area (Å²) in [6.07, 6.45) is 17.2. The van der Waals surface area contributed by atoms with E-state index in [-0.39, 0.29) is 0 Å². The van der Waals surface area contributed by atoms with E-state index in [4.69, 9.17) is 4.74 Å². The normalized spacial score (nSPS) is 30.9. The summed E-state index contributed by atoms with van der Waals surface area (Å²) in [5.41, 5.74) is 1.54. The number of rotatable bonds is 9. The van der Waals surface area contributed by atoms with Crippen LogP contribution < -0.4 is 4.74 Å². The van der Waals surface area contributed by atoms with Crippen molar-refractivity contribution in [2.75, 3.05) is 6.61 Å². The minimum absolute atomic E-state index is 0.752. The van der Waals surface area contributed by atoms with Gasteiger partial charge < -0.3 is 4.74 Å². The second-order valence-electron chi connectivity index (χ2n) is 9.85. The average Bonchev–Trinajstić information content (AvgIpc) is 2.73. The van der Waals surface area contributed by atoms with Crippen molar-refractivity contribution in [3.63, 3.8) is 0 Å². The molecule has 1 aromatic carbocycles. The molecule has 1 unspecified atom stereocenters. The van der Waals surface area contributed by atoms with Gasteiger partial charge in [0.1, 0.15) is 5.75 Å². The van der Waals surface area contributed by atoms with Crippen LogP contribution in [0.25, 0.3) is 0 Å². The Morgan fingerprint density at radius 3 is 2.18 bits per heavy atom. The Morgan fingerprint density at radius 1 is 0.821 bits per heavy atom. The van der Waals surface area contributed by atoms with Gasteiger partial charge in [-0.15, -0.1) is 0 Å². The van der Waals surface area contributed by atoms with Crippen molar-refractivity contribution in [2.24, 2.45) is 23.7 Å². The highest BCUT2D eigenvalue weighted by atomic mass is 16.5. The SMILES string of the molecule is CCCCCC1CCC(C2CC[C@@H](c3ccc(OCCC)cc3)[C@H](C)C2)CC1. The fourth-order valence-corrected chi connectivity index (χ4v) is 6.02. The maximum atomic E-state index is 5.76. The van der Waals surface area contributed by atoms with Gasteiger partial charge in [0.25, 0.3) is 0 Å². The Hall–Kier alpha value is -0.980. The third-order valence-electron chi connectivity index (χ3n) is 7.76. The Bertz CT molecular complexity index is 540. The largest absolute Gasteiger partial charge is 0.494 e. The minimum Gasteiger partial charge on any atom is -0.494 e. The van der Waals surface area contributed by atoms with E-state index in [9.17, 15) is 0 Å². The van der Waals surface area contributed by atoms with E-state index in [1.807, 2.05) is 0 Å². The molecule has 2 aliphatic carbocycles. The van der Waals surface area contributed by atoms with Crippen molar-refractivity contribution in [1.29, 1.82) is 0 Å². The second kappa shape index (κ2) is 11.3. The van der Waals surface area contributed by atoms with Gasteiger partial charge in [-0.25, -0.2) is 0 Å². The Balaban J connectivity index is 1.45. The van der Waals surface area contributed by atoms with Crippen LogP contribution in [-0.2, 0) is 0 Å². The summed E-state index contributed by atoms with van der Waals surface area (Å²) in [5.74, 6) is 5.67. The van der Waals surface area contributed by atoms with E-state index in [0.717, 1.165) is 48.4 Å². The quantitative estimate of drug-likeness (QED) is 0.388. The molecular formula is C27H44O. The van der Waals surface area contributed by atoms with Crippen LogP contribution in [0.15, 0.2) is 24.3 Å². The van der Waals surface area contributed by atoms with E-state index >= 15 is 0 Å². The van der Waals surface area contributed by atoms with Crippen molar-refractivity contribution >= 4 is 0 Å². The molecule has 1 nitrogen and oxygen atoms in total. The predicted molar refractivity (Wildman–Crippen MR) is 121 cm³/mol. The zero-order valence-corrected chi connectivity index (χ0v) is 18.8. The summed E-state index contributed by atoms with van der Waals surface area (Å²) in [6.45, 7) is 7.81. The monoisotopic (exact) mass is 384 g/mol. The Kier molecular flexibility index (Phi) is 8.74. The third-order valence-corrected chi connectivity index (χ3v) is 7.76. The molecule has 2 saturated carbocycles. The Labute approximate surface area is 174 Å². The summed E-state index contributed by atoms with van der Waals surface area (Å²) < 4.78 is 5.76. The fraction of sp³-hybridized carbons (Fsp3) is 0.778. The van der Waals surface area contributed by atoms with Crippen molar-refractivity contribution in [3.8, 4) is 5.75 Å². The lowest BCUT2D eigenvalue weighted by atomic mass is 9.65. The van der Waals surface area contributed by atoms with E-state index in [0.29, 0.717) is 0 Å². The molecule has 2 aliphatic rings. The molecule has 3 atom stereocenters. The molecule has 0 spiro atoms. The van der Waals surface area contributed by atoms with Crippen LogP contribution >= 0.6 is 0 Å². The van der Waals surface area contributed by atoms with E-state index in [1.165, 1.54) is 76.2 Å². The van der Waals surface area contributed by atoms with Gasteiger partial charge in [0, 0.05) is 0 Å². The van der Waals surface area contributed by atoms with Crippen LogP contribution in [0.2, 0.25) is 0 Å². The minimum atomic E-state index is 0.752. The highest BCUT2D eigenvalue weighted by Gasteiger charge is 2.34. The number of benzene rings is 1. The summed E-state index contributed by atoms with van der Waals surface area (Å²) in [7, 11) is 0. The highest BCUT2D eigenvalue weighted by molar-refractivity contribution is 5.30. The van der Waals surface area contributed by atoms with E-state index in [2.05, 4.69) is 45.0 Å². The van der Waals surface area contributed by atoms with Crippen molar-refractivity contribution in [3.05, 3.63) is 29.8 Å². The van der Waals surface area contributed by atoms with Crippen LogP contribution in [0, 0.1) is 23.7 Å². The molecule has 0 aliphatic heterocycles. The van der Waals surface area contributed by atoms with Gasteiger partial charge in [0.05, 0.1) is 6.61 Å². The molecule has 28 heavy (non-hydrogen) atoms. The molecule has 1 aromatic rings. The number of unbranched alkanes of at least 4 members (excludes halogenated alkanes) is 2. The lowest BCUT2D eigenvalue weighted by Crippen LogP contribution is -2.29. The van der Waals surface area contributed by atoms with Gasteiger partial charge in [-0.3, -0.25) is 0 Å².